The van der Waals surface area contributed by atoms with Crippen LogP contribution in [0.2, 0.25) is 0 Å². The Morgan fingerprint density at radius 2 is 1.76 bits per heavy atom. The van der Waals surface area contributed by atoms with Crippen LogP contribution in [0.5, 0.6) is 11.6 Å². The second-order valence-electron chi connectivity index (χ2n) is 10.9. The molecule has 224 valence electrons. The molecule has 1 aliphatic carbocycles. The van der Waals surface area contributed by atoms with E-state index < -0.39 is 84.6 Å². The van der Waals surface area contributed by atoms with E-state index in [1.807, 2.05) is 0 Å². The summed E-state index contributed by atoms with van der Waals surface area (Å²) in [6, 6.07) is 13.1. The van der Waals surface area contributed by atoms with Crippen LogP contribution in [0.3, 0.4) is 0 Å². The molecule has 0 bridgehead atoms. The molecule has 8 nitrogen and oxygen atoms in total. The number of anilines is 1. The van der Waals surface area contributed by atoms with Gasteiger partial charge in [-0.25, -0.2) is 26.9 Å². The molecule has 0 radical (unpaired) electrons. The lowest BCUT2D eigenvalue weighted by molar-refractivity contribution is -0.223. The smallest absolute Gasteiger partial charge is 0.295 e. The summed E-state index contributed by atoms with van der Waals surface area (Å²) in [7, 11) is 0. The lowest BCUT2D eigenvalue weighted by Crippen LogP contribution is -2.64. The zero-order valence-electron chi connectivity index (χ0n) is 22.4. The fraction of sp³-hybridized carbons (Fsp3) is 0.414. The highest BCUT2D eigenvalue weighted by atomic mass is 19.3. The molecule has 1 aromatic heterocycles. The van der Waals surface area contributed by atoms with Crippen LogP contribution in [-0.4, -0.2) is 56.0 Å². The minimum atomic E-state index is -3.86. The quantitative estimate of drug-likeness (QED) is 0.406. The number of hydrogen-bond donors (Lipinski definition) is 2. The van der Waals surface area contributed by atoms with Gasteiger partial charge in [0.05, 0.1) is 13.1 Å². The van der Waals surface area contributed by atoms with E-state index in [0.29, 0.717) is 5.56 Å². The number of likely N-dealkylation sites (tertiary alicyclic amines) is 1. The van der Waals surface area contributed by atoms with E-state index in [0.717, 1.165) is 27.9 Å². The molecule has 2 heterocycles. The van der Waals surface area contributed by atoms with Crippen molar-refractivity contribution in [3.8, 4) is 11.6 Å². The maximum absolute atomic E-state index is 15.5. The summed E-state index contributed by atoms with van der Waals surface area (Å²) in [4.78, 5) is 31.1. The first-order valence-corrected chi connectivity index (χ1v) is 13.4. The summed E-state index contributed by atoms with van der Waals surface area (Å²) >= 11 is 0. The number of benzene rings is 2. The van der Waals surface area contributed by atoms with Crippen LogP contribution in [0.4, 0.5) is 27.6 Å². The van der Waals surface area contributed by atoms with Gasteiger partial charge in [-0.15, -0.1) is 0 Å². The number of ether oxygens (including phenoxy) is 1. The van der Waals surface area contributed by atoms with Crippen molar-refractivity contribution in [2.75, 3.05) is 18.8 Å². The predicted octanol–water partition coefficient (Wildman–Crippen LogP) is 4.57. The molecule has 42 heavy (non-hydrogen) atoms. The van der Waals surface area contributed by atoms with Gasteiger partial charge < -0.3 is 20.5 Å². The molecule has 1 saturated heterocycles. The highest BCUT2D eigenvalue weighted by molar-refractivity contribution is 5.80. The Hall–Kier alpha value is -4.00. The molecule has 1 aliphatic heterocycles. The highest BCUT2D eigenvalue weighted by Crippen LogP contribution is 2.47. The van der Waals surface area contributed by atoms with E-state index in [9.17, 15) is 27.9 Å². The second kappa shape index (κ2) is 11.0. The summed E-state index contributed by atoms with van der Waals surface area (Å²) in [5.41, 5.74) is 2.17. The summed E-state index contributed by atoms with van der Waals surface area (Å²) < 4.78 is 78.9. The molecule has 2 aliphatic rings. The number of halogens is 5. The Labute approximate surface area is 237 Å². The van der Waals surface area contributed by atoms with Gasteiger partial charge in [0.25, 0.3) is 11.5 Å². The van der Waals surface area contributed by atoms with E-state index in [4.69, 9.17) is 10.5 Å². The number of carbonyl (C=O) groups is 1. The maximum Gasteiger partial charge on any atom is 0.295 e. The minimum absolute atomic E-state index is 0.131. The molecule has 0 unspecified atom stereocenters. The first kappa shape index (κ1) is 29.5. The number of nitrogens with two attached hydrogens (primary N) is 1. The van der Waals surface area contributed by atoms with Gasteiger partial charge in [-0.2, -0.15) is 0 Å². The van der Waals surface area contributed by atoms with Crippen LogP contribution in [0.15, 0.2) is 65.7 Å². The van der Waals surface area contributed by atoms with Gasteiger partial charge in [0.2, 0.25) is 17.7 Å². The Kier molecular flexibility index (Phi) is 7.73. The van der Waals surface area contributed by atoms with E-state index in [1.54, 1.807) is 30.3 Å². The Bertz CT molecular complexity index is 1500. The number of carbonyl (C=O) groups excluding carboxylic acids is 1. The first-order chi connectivity index (χ1) is 19.8. The highest BCUT2D eigenvalue weighted by Gasteiger charge is 2.58. The number of rotatable bonds is 6. The van der Waals surface area contributed by atoms with Crippen LogP contribution < -0.4 is 16.0 Å². The summed E-state index contributed by atoms with van der Waals surface area (Å²) in [5, 5.41) is 11.0. The third kappa shape index (κ3) is 5.83. The fourth-order valence-electron chi connectivity index (χ4n) is 5.65. The average molecular weight is 593 g/mol. The van der Waals surface area contributed by atoms with Crippen molar-refractivity contribution in [3.63, 3.8) is 0 Å². The molecule has 5 rings (SSSR count). The van der Waals surface area contributed by atoms with Crippen molar-refractivity contribution in [2.45, 2.75) is 55.6 Å². The zero-order chi connectivity index (χ0) is 30.3. The van der Waals surface area contributed by atoms with Gasteiger partial charge in [-0.3, -0.25) is 14.2 Å². The summed E-state index contributed by atoms with van der Waals surface area (Å²) in [5.74, 6) is -10.00. The average Bonchev–Trinajstić information content (AvgIpc) is 2.95. The van der Waals surface area contributed by atoms with Gasteiger partial charge >= 0.3 is 0 Å². The van der Waals surface area contributed by atoms with Gasteiger partial charge in [-0.1, -0.05) is 30.3 Å². The largest absolute Gasteiger partial charge is 0.437 e. The Morgan fingerprint density at radius 3 is 2.43 bits per heavy atom. The van der Waals surface area contributed by atoms with Crippen LogP contribution >= 0.6 is 0 Å². The second-order valence-corrected chi connectivity index (χ2v) is 10.9. The predicted molar refractivity (Wildman–Crippen MR) is 142 cm³/mol. The zero-order valence-corrected chi connectivity index (χ0v) is 22.4. The van der Waals surface area contributed by atoms with Crippen LogP contribution in [0, 0.1) is 11.7 Å². The monoisotopic (exact) mass is 592 g/mol. The molecule has 13 heteroatoms. The topological polar surface area (TPSA) is 111 Å². The van der Waals surface area contributed by atoms with Gasteiger partial charge in [0.1, 0.15) is 23.5 Å². The van der Waals surface area contributed by atoms with Crippen molar-refractivity contribution in [3.05, 3.63) is 82.7 Å². The van der Waals surface area contributed by atoms with Crippen molar-refractivity contribution >= 4 is 11.6 Å². The van der Waals surface area contributed by atoms with E-state index in [2.05, 4.69) is 4.98 Å². The van der Waals surface area contributed by atoms with Crippen molar-refractivity contribution < 1.29 is 36.6 Å². The molecule has 1 amide bonds. The number of hydrogen-bond acceptors (Lipinski definition) is 6. The number of piperidine rings is 1. The number of nitrogen functional groups attached to an aromatic ring is 1. The van der Waals surface area contributed by atoms with Crippen molar-refractivity contribution in [1.29, 1.82) is 0 Å². The molecule has 1 saturated carbocycles. The number of aromatic nitrogens is 2. The molecule has 2 aromatic carbocycles. The molecule has 3 aromatic rings. The van der Waals surface area contributed by atoms with E-state index >= 15 is 8.78 Å². The normalized spacial score (nSPS) is 25.1. The molecular weight excluding hydrogens is 563 g/mol. The van der Waals surface area contributed by atoms with Crippen LogP contribution in [0.25, 0.3) is 0 Å². The fourth-order valence-corrected chi connectivity index (χ4v) is 5.65. The maximum atomic E-state index is 15.5. The number of aliphatic hydroxyl groups is 1. The SMILES string of the molecule is Nc1c(Oc2ccc(F)cc2)ncn(C[C@@]2(O)CCN(C(=O)[C@@H]3CCC(F)(F)C[C@H]3c3ccccc3)CC2(F)F)c1=O. The third-order valence-electron chi connectivity index (χ3n) is 8.04. The van der Waals surface area contributed by atoms with Crippen LogP contribution in [0.1, 0.15) is 37.2 Å². The third-order valence-corrected chi connectivity index (χ3v) is 8.04. The van der Waals surface area contributed by atoms with Gasteiger partial charge in [0.15, 0.2) is 5.69 Å². The number of nitrogens with zero attached hydrogens (tertiary/aromatic N) is 3. The van der Waals surface area contributed by atoms with Crippen molar-refractivity contribution in [2.24, 2.45) is 5.92 Å². The van der Waals surface area contributed by atoms with E-state index in [-0.39, 0.29) is 24.6 Å². The van der Waals surface area contributed by atoms with Crippen LogP contribution in [-0.2, 0) is 11.3 Å². The standard InChI is InChI=1S/C29H29F5N4O4/c30-19-6-8-20(9-7-19)42-24-23(35)26(40)38(17-36-24)15-27(41)12-13-37(16-29(27,33)34)25(39)21-10-11-28(31,32)14-22(21)18-4-2-1-3-5-18/h1-9,17,21-22,41H,10-16,35H2/t21-,22+,27+/m1/s1. The van der Waals surface area contributed by atoms with Gasteiger partial charge in [-0.05, 0) is 36.2 Å². The van der Waals surface area contributed by atoms with Gasteiger partial charge in [0, 0.05) is 37.6 Å². The molecule has 2 fully saturated rings. The lowest BCUT2D eigenvalue weighted by atomic mass is 9.73. The molecule has 0 spiro atoms. The summed E-state index contributed by atoms with van der Waals surface area (Å²) in [6.07, 6.45) is -0.954. The van der Waals surface area contributed by atoms with Crippen molar-refractivity contribution in [1.82, 2.24) is 14.5 Å². The summed E-state index contributed by atoms with van der Waals surface area (Å²) in [6.45, 7) is -2.31. The minimum Gasteiger partial charge on any atom is -0.437 e. The Balaban J connectivity index is 1.31. The Morgan fingerprint density at radius 1 is 1.07 bits per heavy atom. The number of alkyl halides is 4. The lowest BCUT2D eigenvalue weighted by Gasteiger charge is -2.46. The number of amides is 1. The molecule has 3 N–H and O–H groups in total. The molecular formula is C29H29F5N4O4. The van der Waals surface area contributed by atoms with E-state index in [1.165, 1.54) is 12.1 Å². The molecule has 3 atom stereocenters. The first-order valence-electron chi connectivity index (χ1n) is 13.4.